The van der Waals surface area contributed by atoms with Gasteiger partial charge in [0.05, 0.1) is 6.54 Å². The van der Waals surface area contributed by atoms with E-state index in [9.17, 15) is 9.59 Å². The number of carbonyl (C=O) groups excluding carboxylic acids is 2. The zero-order valence-electron chi connectivity index (χ0n) is 13.7. The Balaban J connectivity index is 1.61. The number of aryl methyl sites for hydroxylation is 1. The van der Waals surface area contributed by atoms with E-state index in [0.29, 0.717) is 19.7 Å². The van der Waals surface area contributed by atoms with E-state index in [0.717, 1.165) is 13.1 Å². The number of hydrogen-bond acceptors (Lipinski definition) is 4. The van der Waals surface area contributed by atoms with Crippen LogP contribution in [-0.4, -0.2) is 67.2 Å². The Morgan fingerprint density at radius 3 is 2.70 bits per heavy atom. The molecule has 23 heavy (non-hydrogen) atoms. The molecule has 6 heteroatoms. The van der Waals surface area contributed by atoms with E-state index in [1.165, 1.54) is 16.2 Å². The average molecular weight is 317 g/mol. The van der Waals surface area contributed by atoms with Gasteiger partial charge in [-0.1, -0.05) is 18.2 Å². The molecular formula is C17H23N3O3. The molecule has 0 aromatic heterocycles. The zero-order chi connectivity index (χ0) is 16.4. The Morgan fingerprint density at radius 2 is 2.04 bits per heavy atom. The first kappa shape index (κ1) is 15.6. The molecule has 0 spiro atoms. The zero-order valence-corrected chi connectivity index (χ0v) is 13.7. The Labute approximate surface area is 136 Å². The maximum Gasteiger partial charge on any atom is 0.410 e. The number of benzene rings is 1. The predicted molar refractivity (Wildman–Crippen MR) is 87.5 cm³/mol. The van der Waals surface area contributed by atoms with Gasteiger partial charge in [0.15, 0.2) is 0 Å². The molecule has 0 bridgehead atoms. The van der Waals surface area contributed by atoms with E-state index in [1.807, 2.05) is 17.0 Å². The van der Waals surface area contributed by atoms with Crippen LogP contribution >= 0.6 is 0 Å². The summed E-state index contributed by atoms with van der Waals surface area (Å²) in [6, 6.07) is 8.44. The molecule has 2 saturated heterocycles. The predicted octanol–water partition coefficient (Wildman–Crippen LogP) is 1.48. The van der Waals surface area contributed by atoms with Crippen LogP contribution < -0.4 is 4.90 Å². The summed E-state index contributed by atoms with van der Waals surface area (Å²) in [5, 5.41) is 0. The van der Waals surface area contributed by atoms with Gasteiger partial charge in [0, 0.05) is 31.4 Å². The summed E-state index contributed by atoms with van der Waals surface area (Å²) in [4.78, 5) is 29.6. The van der Waals surface area contributed by atoms with Gasteiger partial charge in [0.2, 0.25) is 5.91 Å². The summed E-state index contributed by atoms with van der Waals surface area (Å²) in [6.45, 7) is 7.46. The quantitative estimate of drug-likeness (QED) is 0.847. The van der Waals surface area contributed by atoms with Crippen LogP contribution in [0.1, 0.15) is 12.5 Å². The van der Waals surface area contributed by atoms with Crippen LogP contribution in [0.5, 0.6) is 0 Å². The number of hydrogen-bond donors (Lipinski definition) is 0. The fraction of sp³-hybridized carbons (Fsp3) is 0.529. The van der Waals surface area contributed by atoms with Crippen LogP contribution in [0, 0.1) is 6.92 Å². The molecule has 2 aliphatic heterocycles. The van der Waals surface area contributed by atoms with E-state index >= 15 is 0 Å². The van der Waals surface area contributed by atoms with E-state index in [1.54, 1.807) is 0 Å². The number of ether oxygens (including phenoxy) is 1. The van der Waals surface area contributed by atoms with Gasteiger partial charge < -0.3 is 14.5 Å². The molecule has 1 aromatic carbocycles. The number of amides is 2. The van der Waals surface area contributed by atoms with Crippen molar-refractivity contribution in [1.82, 2.24) is 9.80 Å². The summed E-state index contributed by atoms with van der Waals surface area (Å²) < 4.78 is 4.88. The normalized spacial score (nSPS) is 21.6. The highest BCUT2D eigenvalue weighted by Crippen LogP contribution is 2.23. The van der Waals surface area contributed by atoms with Crippen LogP contribution in [0.25, 0.3) is 0 Å². The second-order valence-corrected chi connectivity index (χ2v) is 6.20. The van der Waals surface area contributed by atoms with Crippen LogP contribution in [0.4, 0.5) is 10.5 Å². The topological polar surface area (TPSA) is 53.1 Å². The van der Waals surface area contributed by atoms with E-state index < -0.39 is 0 Å². The van der Waals surface area contributed by atoms with Gasteiger partial charge in [0.25, 0.3) is 0 Å². The Morgan fingerprint density at radius 1 is 1.26 bits per heavy atom. The Hall–Kier alpha value is -2.24. The lowest BCUT2D eigenvalue weighted by atomic mass is 10.1. The maximum atomic E-state index is 12.5. The van der Waals surface area contributed by atoms with Crippen molar-refractivity contribution in [2.75, 3.05) is 44.2 Å². The van der Waals surface area contributed by atoms with Crippen molar-refractivity contribution < 1.29 is 14.3 Å². The van der Waals surface area contributed by atoms with Gasteiger partial charge in [0.1, 0.15) is 13.2 Å². The first-order chi connectivity index (χ1) is 11.1. The van der Waals surface area contributed by atoms with Gasteiger partial charge >= 0.3 is 6.09 Å². The lowest BCUT2D eigenvalue weighted by Crippen LogP contribution is -2.56. The molecule has 1 atom stereocenters. The van der Waals surface area contributed by atoms with Crippen molar-refractivity contribution in [1.29, 1.82) is 0 Å². The average Bonchev–Trinajstić information content (AvgIpc) is 2.92. The van der Waals surface area contributed by atoms with Crippen LogP contribution in [-0.2, 0) is 9.53 Å². The number of cyclic esters (lactones) is 1. The fourth-order valence-corrected chi connectivity index (χ4v) is 3.29. The summed E-state index contributed by atoms with van der Waals surface area (Å²) in [6.07, 6.45) is -0.385. The monoisotopic (exact) mass is 317 g/mol. The summed E-state index contributed by atoms with van der Waals surface area (Å²) in [7, 11) is 0. The third-order valence-corrected chi connectivity index (χ3v) is 4.58. The first-order valence-corrected chi connectivity index (χ1v) is 8.08. The molecule has 2 aliphatic rings. The van der Waals surface area contributed by atoms with Crippen LogP contribution in [0.15, 0.2) is 24.3 Å². The summed E-state index contributed by atoms with van der Waals surface area (Å²) in [5.74, 6) is 0.000726. The molecule has 0 radical (unpaired) electrons. The lowest BCUT2D eigenvalue weighted by Gasteiger charge is -2.41. The SMILES string of the molecule is Cc1ccccc1N1CCN(C(=O)CN2CCOC2=O)[C@@H](C)C1. The summed E-state index contributed by atoms with van der Waals surface area (Å²) >= 11 is 0. The third kappa shape index (κ3) is 3.25. The number of anilines is 1. The lowest BCUT2D eigenvalue weighted by molar-refractivity contribution is -0.134. The number of carbonyl (C=O) groups is 2. The van der Waals surface area contributed by atoms with Crippen molar-refractivity contribution in [2.24, 2.45) is 0 Å². The molecule has 0 unspecified atom stereocenters. The van der Waals surface area contributed by atoms with E-state index in [-0.39, 0.29) is 24.6 Å². The largest absolute Gasteiger partial charge is 0.448 e. The number of piperazine rings is 1. The highest BCUT2D eigenvalue weighted by molar-refractivity contribution is 5.83. The standard InChI is InChI=1S/C17H23N3O3/c1-13-5-3-4-6-15(13)18-7-8-20(14(2)11-18)16(21)12-19-9-10-23-17(19)22/h3-6,14H,7-12H2,1-2H3/t14-/m0/s1. The van der Waals surface area contributed by atoms with Crippen molar-refractivity contribution in [3.63, 3.8) is 0 Å². The second kappa shape index (κ2) is 6.48. The van der Waals surface area contributed by atoms with Gasteiger partial charge in [-0.25, -0.2) is 4.79 Å². The van der Waals surface area contributed by atoms with Gasteiger partial charge in [-0.2, -0.15) is 0 Å². The molecule has 3 rings (SSSR count). The fourth-order valence-electron chi connectivity index (χ4n) is 3.29. The first-order valence-electron chi connectivity index (χ1n) is 8.08. The van der Waals surface area contributed by atoms with Gasteiger partial charge in [-0.3, -0.25) is 9.69 Å². The van der Waals surface area contributed by atoms with E-state index in [4.69, 9.17) is 4.74 Å². The summed E-state index contributed by atoms with van der Waals surface area (Å²) in [5.41, 5.74) is 2.48. The number of nitrogens with zero attached hydrogens (tertiary/aromatic N) is 3. The highest BCUT2D eigenvalue weighted by atomic mass is 16.6. The smallest absolute Gasteiger partial charge is 0.410 e. The molecule has 2 amide bonds. The maximum absolute atomic E-state index is 12.5. The van der Waals surface area contributed by atoms with E-state index in [2.05, 4.69) is 30.9 Å². The molecule has 6 nitrogen and oxygen atoms in total. The van der Waals surface area contributed by atoms with Gasteiger partial charge in [-0.05, 0) is 25.5 Å². The van der Waals surface area contributed by atoms with Crippen molar-refractivity contribution >= 4 is 17.7 Å². The molecule has 2 heterocycles. The third-order valence-electron chi connectivity index (χ3n) is 4.58. The minimum Gasteiger partial charge on any atom is -0.448 e. The van der Waals surface area contributed by atoms with Gasteiger partial charge in [-0.15, -0.1) is 0 Å². The van der Waals surface area contributed by atoms with Crippen molar-refractivity contribution in [3.8, 4) is 0 Å². The second-order valence-electron chi connectivity index (χ2n) is 6.20. The highest BCUT2D eigenvalue weighted by Gasteiger charge is 2.31. The minimum absolute atomic E-state index is 0.000726. The van der Waals surface area contributed by atoms with Crippen LogP contribution in [0.2, 0.25) is 0 Å². The van der Waals surface area contributed by atoms with Crippen molar-refractivity contribution in [3.05, 3.63) is 29.8 Å². The van der Waals surface area contributed by atoms with Crippen molar-refractivity contribution in [2.45, 2.75) is 19.9 Å². The molecule has 0 N–H and O–H groups in total. The Kier molecular flexibility index (Phi) is 4.41. The molecular weight excluding hydrogens is 294 g/mol. The molecule has 0 aliphatic carbocycles. The van der Waals surface area contributed by atoms with Crippen LogP contribution in [0.3, 0.4) is 0 Å². The number of para-hydroxylation sites is 1. The molecule has 0 saturated carbocycles. The molecule has 2 fully saturated rings. The molecule has 124 valence electrons. The number of rotatable bonds is 3. The minimum atomic E-state index is -0.385. The Bertz CT molecular complexity index is 605. The molecule has 1 aromatic rings.